The zero-order chi connectivity index (χ0) is 11.5. The normalized spacial score (nSPS) is 10.4. The predicted molar refractivity (Wildman–Crippen MR) is 62.5 cm³/mol. The lowest BCUT2D eigenvalue weighted by atomic mass is 10.2. The molecule has 0 saturated carbocycles. The second kappa shape index (κ2) is 4.31. The SMILES string of the molecule is CC(=O)c1cnn(Cc2ccccc2)c1C. The molecule has 0 spiro atoms. The van der Waals surface area contributed by atoms with Crippen LogP contribution in [-0.2, 0) is 6.54 Å². The lowest BCUT2D eigenvalue weighted by Crippen LogP contribution is -2.04. The third-order valence-corrected chi connectivity index (χ3v) is 2.66. The number of nitrogens with zero attached hydrogens (tertiary/aromatic N) is 2. The molecule has 0 fully saturated rings. The molecular weight excluding hydrogens is 200 g/mol. The minimum atomic E-state index is 0.0665. The van der Waals surface area contributed by atoms with Gasteiger partial charge >= 0.3 is 0 Å². The van der Waals surface area contributed by atoms with Crippen LogP contribution < -0.4 is 0 Å². The van der Waals surface area contributed by atoms with E-state index in [0.29, 0.717) is 12.1 Å². The first-order chi connectivity index (χ1) is 7.68. The molecule has 82 valence electrons. The number of hydrogen-bond acceptors (Lipinski definition) is 2. The van der Waals surface area contributed by atoms with E-state index in [1.165, 1.54) is 5.56 Å². The van der Waals surface area contributed by atoms with Crippen molar-refractivity contribution < 1.29 is 4.79 Å². The van der Waals surface area contributed by atoms with E-state index in [4.69, 9.17) is 0 Å². The Bertz CT molecular complexity index is 500. The molecule has 0 bridgehead atoms. The predicted octanol–water partition coefficient (Wildman–Crippen LogP) is 2.44. The van der Waals surface area contributed by atoms with Gasteiger partial charge in [-0.2, -0.15) is 5.10 Å². The Morgan fingerprint density at radius 3 is 2.56 bits per heavy atom. The summed E-state index contributed by atoms with van der Waals surface area (Å²) < 4.78 is 1.85. The Morgan fingerprint density at radius 1 is 1.31 bits per heavy atom. The van der Waals surface area contributed by atoms with E-state index >= 15 is 0 Å². The second-order valence-electron chi connectivity index (χ2n) is 3.84. The lowest BCUT2D eigenvalue weighted by molar-refractivity contribution is 0.101. The smallest absolute Gasteiger partial charge is 0.163 e. The number of carbonyl (C=O) groups excluding carboxylic acids is 1. The molecule has 0 N–H and O–H groups in total. The maximum Gasteiger partial charge on any atom is 0.163 e. The van der Waals surface area contributed by atoms with Crippen molar-refractivity contribution in [2.45, 2.75) is 20.4 Å². The highest BCUT2D eigenvalue weighted by molar-refractivity contribution is 5.94. The maximum atomic E-state index is 11.3. The molecule has 16 heavy (non-hydrogen) atoms. The third kappa shape index (κ3) is 2.03. The van der Waals surface area contributed by atoms with Gasteiger partial charge in [-0.05, 0) is 19.4 Å². The Balaban J connectivity index is 2.26. The summed E-state index contributed by atoms with van der Waals surface area (Å²) in [5, 5.41) is 4.23. The van der Waals surface area contributed by atoms with Gasteiger partial charge in [-0.15, -0.1) is 0 Å². The van der Waals surface area contributed by atoms with Crippen molar-refractivity contribution in [2.75, 3.05) is 0 Å². The van der Waals surface area contributed by atoms with Crippen LogP contribution in [0.15, 0.2) is 36.5 Å². The van der Waals surface area contributed by atoms with Gasteiger partial charge in [0, 0.05) is 5.69 Å². The molecule has 1 aromatic carbocycles. The molecule has 2 rings (SSSR count). The molecule has 3 heteroatoms. The van der Waals surface area contributed by atoms with E-state index in [1.54, 1.807) is 13.1 Å². The van der Waals surface area contributed by atoms with Crippen LogP contribution in [0.25, 0.3) is 0 Å². The Labute approximate surface area is 94.7 Å². The van der Waals surface area contributed by atoms with Gasteiger partial charge in [-0.1, -0.05) is 30.3 Å². The molecule has 0 amide bonds. The fourth-order valence-electron chi connectivity index (χ4n) is 1.71. The highest BCUT2D eigenvalue weighted by Crippen LogP contribution is 2.10. The van der Waals surface area contributed by atoms with E-state index in [9.17, 15) is 4.79 Å². The molecular formula is C13H14N2O. The summed E-state index contributed by atoms with van der Waals surface area (Å²) in [5.74, 6) is 0.0665. The molecule has 0 unspecified atom stereocenters. The number of rotatable bonds is 3. The summed E-state index contributed by atoms with van der Waals surface area (Å²) in [6.45, 7) is 4.20. The van der Waals surface area contributed by atoms with Crippen LogP contribution in [0.4, 0.5) is 0 Å². The van der Waals surface area contributed by atoms with E-state index in [1.807, 2.05) is 29.8 Å². The van der Waals surface area contributed by atoms with Crippen molar-refractivity contribution in [1.82, 2.24) is 9.78 Å². The van der Waals surface area contributed by atoms with Gasteiger partial charge in [0.2, 0.25) is 0 Å². The quantitative estimate of drug-likeness (QED) is 0.735. The third-order valence-electron chi connectivity index (χ3n) is 2.66. The second-order valence-corrected chi connectivity index (χ2v) is 3.84. The Morgan fingerprint density at radius 2 is 2.00 bits per heavy atom. The largest absolute Gasteiger partial charge is 0.294 e. The van der Waals surface area contributed by atoms with Crippen LogP contribution in [0.5, 0.6) is 0 Å². The first-order valence-electron chi connectivity index (χ1n) is 5.26. The van der Waals surface area contributed by atoms with Crippen LogP contribution in [0.2, 0.25) is 0 Å². The zero-order valence-corrected chi connectivity index (χ0v) is 9.47. The summed E-state index contributed by atoms with van der Waals surface area (Å²) >= 11 is 0. The Kier molecular flexibility index (Phi) is 2.86. The highest BCUT2D eigenvalue weighted by atomic mass is 16.1. The summed E-state index contributed by atoms with van der Waals surface area (Å²) in [5.41, 5.74) is 2.82. The molecule has 0 aliphatic heterocycles. The first-order valence-corrected chi connectivity index (χ1v) is 5.26. The fraction of sp³-hybridized carbons (Fsp3) is 0.231. The minimum Gasteiger partial charge on any atom is -0.294 e. The number of aromatic nitrogens is 2. The molecule has 0 aliphatic rings. The van der Waals surface area contributed by atoms with Gasteiger partial charge in [-0.25, -0.2) is 0 Å². The number of ketones is 1. The molecule has 0 saturated heterocycles. The minimum absolute atomic E-state index is 0.0665. The van der Waals surface area contributed by atoms with Crippen LogP contribution in [0, 0.1) is 6.92 Å². The van der Waals surface area contributed by atoms with Gasteiger partial charge in [0.25, 0.3) is 0 Å². The zero-order valence-electron chi connectivity index (χ0n) is 9.47. The van der Waals surface area contributed by atoms with Gasteiger partial charge in [0.15, 0.2) is 5.78 Å². The molecule has 0 atom stereocenters. The van der Waals surface area contributed by atoms with Gasteiger partial charge in [0.1, 0.15) is 0 Å². The molecule has 0 aliphatic carbocycles. The van der Waals surface area contributed by atoms with Crippen LogP contribution in [-0.4, -0.2) is 15.6 Å². The number of hydrogen-bond donors (Lipinski definition) is 0. The van der Waals surface area contributed by atoms with Crippen molar-refractivity contribution in [1.29, 1.82) is 0 Å². The summed E-state index contributed by atoms with van der Waals surface area (Å²) in [6, 6.07) is 10.1. The van der Waals surface area contributed by atoms with Gasteiger partial charge < -0.3 is 0 Å². The van der Waals surface area contributed by atoms with Gasteiger partial charge in [0.05, 0.1) is 18.3 Å². The fourth-order valence-corrected chi connectivity index (χ4v) is 1.71. The average molecular weight is 214 g/mol. The molecule has 1 aromatic heterocycles. The maximum absolute atomic E-state index is 11.3. The van der Waals surface area contributed by atoms with E-state index in [-0.39, 0.29) is 5.78 Å². The van der Waals surface area contributed by atoms with E-state index < -0.39 is 0 Å². The lowest BCUT2D eigenvalue weighted by Gasteiger charge is -2.04. The molecule has 1 heterocycles. The van der Waals surface area contributed by atoms with Gasteiger partial charge in [-0.3, -0.25) is 9.48 Å². The standard InChI is InChI=1S/C13H14N2O/c1-10-13(11(2)16)8-14-15(10)9-12-6-4-3-5-7-12/h3-8H,9H2,1-2H3. The van der Waals surface area contributed by atoms with E-state index in [2.05, 4.69) is 17.2 Å². The highest BCUT2D eigenvalue weighted by Gasteiger charge is 2.09. The monoisotopic (exact) mass is 214 g/mol. The number of benzene rings is 1. The van der Waals surface area contributed by atoms with Crippen LogP contribution in [0.3, 0.4) is 0 Å². The molecule has 3 nitrogen and oxygen atoms in total. The first kappa shape index (κ1) is 10.6. The van der Waals surface area contributed by atoms with Crippen molar-refractivity contribution in [3.63, 3.8) is 0 Å². The molecule has 2 aromatic rings. The number of Topliss-reactive ketones (excluding diaryl/α,β-unsaturated/α-hetero) is 1. The van der Waals surface area contributed by atoms with Crippen molar-refractivity contribution >= 4 is 5.78 Å². The van der Waals surface area contributed by atoms with Crippen LogP contribution in [0.1, 0.15) is 28.5 Å². The van der Waals surface area contributed by atoms with Crippen molar-refractivity contribution in [2.24, 2.45) is 0 Å². The summed E-state index contributed by atoms with van der Waals surface area (Å²) in [6.07, 6.45) is 1.64. The van der Waals surface area contributed by atoms with Crippen molar-refractivity contribution in [3.8, 4) is 0 Å². The number of carbonyl (C=O) groups is 1. The van der Waals surface area contributed by atoms with Crippen LogP contribution >= 0.6 is 0 Å². The Hall–Kier alpha value is -1.90. The summed E-state index contributed by atoms with van der Waals surface area (Å²) in [7, 11) is 0. The van der Waals surface area contributed by atoms with Crippen molar-refractivity contribution in [3.05, 3.63) is 53.3 Å². The topological polar surface area (TPSA) is 34.9 Å². The average Bonchev–Trinajstić information content (AvgIpc) is 2.62. The van der Waals surface area contributed by atoms with E-state index in [0.717, 1.165) is 5.69 Å². The molecule has 0 radical (unpaired) electrons. The summed E-state index contributed by atoms with van der Waals surface area (Å²) in [4.78, 5) is 11.3.